The fraction of sp³-hybridized carbons (Fsp3) is 0.500. The van der Waals surface area contributed by atoms with Gasteiger partial charge in [-0.2, -0.15) is 0 Å². The minimum absolute atomic E-state index is 0.460. The average molecular weight is 263 g/mol. The van der Waals surface area contributed by atoms with E-state index in [1.54, 1.807) is 0 Å². The summed E-state index contributed by atoms with van der Waals surface area (Å²) in [6.45, 7) is 4.35. The van der Waals surface area contributed by atoms with Gasteiger partial charge in [-0.15, -0.1) is 0 Å². The van der Waals surface area contributed by atoms with E-state index in [9.17, 15) is 0 Å². The van der Waals surface area contributed by atoms with Gasteiger partial charge in [0.25, 0.3) is 0 Å². The highest BCUT2D eigenvalue weighted by atomic mass is 32.1. The van der Waals surface area contributed by atoms with E-state index in [4.69, 9.17) is 18.0 Å². The van der Waals surface area contributed by atoms with Gasteiger partial charge in [0.05, 0.1) is 0 Å². The van der Waals surface area contributed by atoms with Crippen LogP contribution in [0.3, 0.4) is 0 Å². The number of nitrogens with one attached hydrogen (secondary N) is 1. The predicted molar refractivity (Wildman–Crippen MR) is 81.2 cm³/mol. The van der Waals surface area contributed by atoms with Crippen LogP contribution in [0.1, 0.15) is 24.0 Å². The van der Waals surface area contributed by atoms with E-state index in [2.05, 4.69) is 30.3 Å². The molecule has 0 spiro atoms. The highest BCUT2D eigenvalue weighted by molar-refractivity contribution is 7.80. The van der Waals surface area contributed by atoms with E-state index in [0.717, 1.165) is 17.8 Å². The molecule has 1 aromatic carbocycles. The Balaban J connectivity index is 2.16. The standard InChI is InChI=1S/C14H21N3S/c1-10-5-6-12(14(15)18)13(8-10)16-11-4-3-7-17(2)9-11/h5-6,8,11,16H,3-4,7,9H2,1-2H3,(H2,15,18). The van der Waals surface area contributed by atoms with Gasteiger partial charge in [-0.3, -0.25) is 0 Å². The Morgan fingerprint density at radius 3 is 2.94 bits per heavy atom. The Morgan fingerprint density at radius 2 is 2.28 bits per heavy atom. The van der Waals surface area contributed by atoms with Crippen LogP contribution in [0.4, 0.5) is 5.69 Å². The number of anilines is 1. The molecule has 0 aliphatic carbocycles. The molecule has 0 radical (unpaired) electrons. The Morgan fingerprint density at radius 1 is 1.50 bits per heavy atom. The first-order valence-electron chi connectivity index (χ1n) is 6.42. The number of hydrogen-bond acceptors (Lipinski definition) is 3. The Kier molecular flexibility index (Phi) is 4.19. The third-order valence-electron chi connectivity index (χ3n) is 3.42. The summed E-state index contributed by atoms with van der Waals surface area (Å²) in [5.74, 6) is 0. The van der Waals surface area contributed by atoms with Crippen LogP contribution in [-0.2, 0) is 0 Å². The van der Waals surface area contributed by atoms with Crippen LogP contribution in [0.15, 0.2) is 18.2 Å². The fourth-order valence-electron chi connectivity index (χ4n) is 2.50. The van der Waals surface area contributed by atoms with Gasteiger partial charge in [-0.05, 0) is 51.1 Å². The minimum atomic E-state index is 0.460. The topological polar surface area (TPSA) is 41.3 Å². The van der Waals surface area contributed by atoms with Crippen LogP contribution in [0.5, 0.6) is 0 Å². The largest absolute Gasteiger partial charge is 0.389 e. The summed E-state index contributed by atoms with van der Waals surface area (Å²) < 4.78 is 0. The van der Waals surface area contributed by atoms with E-state index < -0.39 is 0 Å². The molecule has 1 heterocycles. The van der Waals surface area contributed by atoms with Crippen molar-refractivity contribution < 1.29 is 0 Å². The van der Waals surface area contributed by atoms with Crippen molar-refractivity contribution in [2.75, 3.05) is 25.5 Å². The SMILES string of the molecule is Cc1ccc(C(N)=S)c(NC2CCCN(C)C2)c1. The molecule has 1 aromatic rings. The maximum Gasteiger partial charge on any atom is 0.106 e. The van der Waals surface area contributed by atoms with Crippen molar-refractivity contribution in [3.63, 3.8) is 0 Å². The Bertz CT molecular complexity index is 445. The van der Waals surface area contributed by atoms with Gasteiger partial charge >= 0.3 is 0 Å². The first-order chi connectivity index (χ1) is 8.56. The molecule has 1 aliphatic heterocycles. The molecule has 1 saturated heterocycles. The highest BCUT2D eigenvalue weighted by Crippen LogP contribution is 2.21. The first-order valence-corrected chi connectivity index (χ1v) is 6.82. The summed E-state index contributed by atoms with van der Waals surface area (Å²) in [5, 5.41) is 3.59. The van der Waals surface area contributed by atoms with Crippen molar-refractivity contribution >= 4 is 22.9 Å². The number of likely N-dealkylation sites (N-methyl/N-ethyl adjacent to an activating group) is 1. The maximum atomic E-state index is 5.78. The highest BCUT2D eigenvalue weighted by Gasteiger charge is 2.18. The summed E-state index contributed by atoms with van der Waals surface area (Å²) in [6.07, 6.45) is 2.44. The lowest BCUT2D eigenvalue weighted by atomic mass is 10.0. The lowest BCUT2D eigenvalue weighted by molar-refractivity contribution is 0.261. The van der Waals surface area contributed by atoms with Crippen LogP contribution >= 0.6 is 12.2 Å². The zero-order chi connectivity index (χ0) is 13.1. The number of thiocarbonyl (C=S) groups is 1. The molecular formula is C14H21N3S. The molecule has 0 amide bonds. The molecule has 1 atom stereocenters. The summed E-state index contributed by atoms with van der Waals surface area (Å²) in [6, 6.07) is 6.67. The van der Waals surface area contributed by atoms with Crippen molar-refractivity contribution in [1.29, 1.82) is 0 Å². The summed E-state index contributed by atoms with van der Waals surface area (Å²) in [5.41, 5.74) is 9.02. The zero-order valence-electron chi connectivity index (χ0n) is 11.1. The molecular weight excluding hydrogens is 242 g/mol. The van der Waals surface area contributed by atoms with Crippen molar-refractivity contribution in [2.24, 2.45) is 5.73 Å². The van der Waals surface area contributed by atoms with Gasteiger partial charge < -0.3 is 16.0 Å². The second-order valence-corrected chi connectivity index (χ2v) is 5.60. The molecule has 0 bridgehead atoms. The molecule has 0 aromatic heterocycles. The number of nitrogens with two attached hydrogens (primary N) is 1. The molecule has 1 aliphatic rings. The van der Waals surface area contributed by atoms with Gasteiger partial charge in [-0.25, -0.2) is 0 Å². The van der Waals surface area contributed by atoms with Crippen molar-refractivity contribution in [3.8, 4) is 0 Å². The minimum Gasteiger partial charge on any atom is -0.389 e. The van der Waals surface area contributed by atoms with E-state index in [0.29, 0.717) is 11.0 Å². The summed E-state index contributed by atoms with van der Waals surface area (Å²) >= 11 is 5.11. The zero-order valence-corrected chi connectivity index (χ0v) is 11.9. The molecule has 18 heavy (non-hydrogen) atoms. The lowest BCUT2D eigenvalue weighted by Gasteiger charge is -2.31. The molecule has 4 heteroatoms. The maximum absolute atomic E-state index is 5.78. The second-order valence-electron chi connectivity index (χ2n) is 5.16. The normalized spacial score (nSPS) is 20.7. The lowest BCUT2D eigenvalue weighted by Crippen LogP contribution is -2.40. The Labute approximate surface area is 114 Å². The number of hydrogen-bond donors (Lipinski definition) is 2. The van der Waals surface area contributed by atoms with Crippen LogP contribution in [0.2, 0.25) is 0 Å². The van der Waals surface area contributed by atoms with E-state index in [-0.39, 0.29) is 0 Å². The number of aryl methyl sites for hydroxylation is 1. The van der Waals surface area contributed by atoms with Gasteiger partial charge in [0, 0.05) is 23.8 Å². The van der Waals surface area contributed by atoms with Crippen molar-refractivity contribution in [1.82, 2.24) is 4.90 Å². The molecule has 98 valence electrons. The molecule has 1 fully saturated rings. The predicted octanol–water partition coefficient (Wildman–Crippen LogP) is 2.14. The third kappa shape index (κ3) is 3.21. The number of nitrogens with zero attached hydrogens (tertiary/aromatic N) is 1. The number of benzene rings is 1. The summed E-state index contributed by atoms with van der Waals surface area (Å²) in [7, 11) is 2.17. The Hall–Kier alpha value is -1.13. The first kappa shape index (κ1) is 13.3. The van der Waals surface area contributed by atoms with Crippen molar-refractivity contribution in [2.45, 2.75) is 25.8 Å². The van der Waals surface area contributed by atoms with Crippen LogP contribution in [0.25, 0.3) is 0 Å². The van der Waals surface area contributed by atoms with Crippen LogP contribution < -0.4 is 11.1 Å². The quantitative estimate of drug-likeness (QED) is 0.820. The number of rotatable bonds is 3. The molecule has 0 saturated carbocycles. The van der Waals surface area contributed by atoms with Gasteiger partial charge in [0.15, 0.2) is 0 Å². The van der Waals surface area contributed by atoms with Gasteiger partial charge in [0.1, 0.15) is 4.99 Å². The molecule has 2 rings (SSSR count). The smallest absolute Gasteiger partial charge is 0.106 e. The van der Waals surface area contributed by atoms with Gasteiger partial charge in [0.2, 0.25) is 0 Å². The number of likely N-dealkylation sites (tertiary alicyclic amines) is 1. The van der Waals surface area contributed by atoms with Crippen LogP contribution in [-0.4, -0.2) is 36.1 Å². The van der Waals surface area contributed by atoms with E-state index in [1.807, 2.05) is 12.1 Å². The summed E-state index contributed by atoms with van der Waals surface area (Å²) in [4.78, 5) is 2.82. The molecule has 1 unspecified atom stereocenters. The van der Waals surface area contributed by atoms with E-state index in [1.165, 1.54) is 24.9 Å². The van der Waals surface area contributed by atoms with Gasteiger partial charge in [-0.1, -0.05) is 18.3 Å². The average Bonchev–Trinajstić information content (AvgIpc) is 2.28. The van der Waals surface area contributed by atoms with Crippen molar-refractivity contribution in [3.05, 3.63) is 29.3 Å². The molecule has 3 nitrogen and oxygen atoms in total. The fourth-order valence-corrected chi connectivity index (χ4v) is 2.67. The van der Waals surface area contributed by atoms with Crippen LogP contribution in [0, 0.1) is 6.92 Å². The second kappa shape index (κ2) is 5.67. The van der Waals surface area contributed by atoms with E-state index >= 15 is 0 Å². The number of piperidine rings is 1. The third-order valence-corrected chi connectivity index (χ3v) is 3.64. The monoisotopic (exact) mass is 263 g/mol. The molecule has 3 N–H and O–H groups in total.